The molecule has 1 fully saturated rings. The van der Waals surface area contributed by atoms with Crippen molar-refractivity contribution in [1.29, 1.82) is 0 Å². The van der Waals surface area contributed by atoms with Crippen LogP contribution in [0.2, 0.25) is 0 Å². The van der Waals surface area contributed by atoms with Gasteiger partial charge in [-0.15, -0.1) is 0 Å². The van der Waals surface area contributed by atoms with E-state index in [-0.39, 0.29) is 0 Å². The summed E-state index contributed by atoms with van der Waals surface area (Å²) in [5, 5.41) is 9.16. The molecular formula is C13H17O. The van der Waals surface area contributed by atoms with Crippen LogP contribution in [0.5, 0.6) is 0 Å². The smallest absolute Gasteiger partial charge is 0.109 e. The minimum Gasteiger partial charge on any atom is -0.385 e. The molecule has 1 saturated carbocycles. The second-order valence-electron chi connectivity index (χ2n) is 4.07. The van der Waals surface area contributed by atoms with Gasteiger partial charge in [-0.2, -0.15) is 0 Å². The predicted molar refractivity (Wildman–Crippen MR) is 57.7 cm³/mol. The van der Waals surface area contributed by atoms with Crippen LogP contribution < -0.4 is 0 Å². The number of aryl methyl sites for hydroxylation is 1. The van der Waals surface area contributed by atoms with Gasteiger partial charge in [0.25, 0.3) is 0 Å². The molecule has 1 N–H and O–H groups in total. The third kappa shape index (κ3) is 1.83. The summed E-state index contributed by atoms with van der Waals surface area (Å²) in [6.45, 7) is 3.46. The van der Waals surface area contributed by atoms with Crippen LogP contribution in [0.3, 0.4) is 0 Å². The topological polar surface area (TPSA) is 20.2 Å². The SMILES string of the molecule is CCCc1cccc([CH]O)c1C1CC1. The Morgan fingerprint density at radius 3 is 2.79 bits per heavy atom. The van der Waals surface area contributed by atoms with Gasteiger partial charge in [0.2, 0.25) is 0 Å². The van der Waals surface area contributed by atoms with Gasteiger partial charge in [-0.3, -0.25) is 0 Å². The van der Waals surface area contributed by atoms with Crippen molar-refractivity contribution >= 4 is 0 Å². The summed E-state index contributed by atoms with van der Waals surface area (Å²) in [7, 11) is 0. The summed E-state index contributed by atoms with van der Waals surface area (Å²) in [4.78, 5) is 0. The van der Waals surface area contributed by atoms with Crippen LogP contribution in [0.25, 0.3) is 0 Å². The Morgan fingerprint density at radius 2 is 2.21 bits per heavy atom. The molecule has 0 amide bonds. The largest absolute Gasteiger partial charge is 0.385 e. The Labute approximate surface area is 85.8 Å². The van der Waals surface area contributed by atoms with Gasteiger partial charge in [-0.05, 0) is 41.9 Å². The van der Waals surface area contributed by atoms with Crippen molar-refractivity contribution in [2.75, 3.05) is 0 Å². The summed E-state index contributed by atoms with van der Waals surface area (Å²) in [6, 6.07) is 6.25. The number of hydrogen-bond donors (Lipinski definition) is 1. The molecular weight excluding hydrogens is 172 g/mol. The molecule has 0 bridgehead atoms. The molecule has 0 atom stereocenters. The molecule has 0 aromatic heterocycles. The van der Waals surface area contributed by atoms with Crippen LogP contribution in [-0.2, 0) is 6.42 Å². The maximum Gasteiger partial charge on any atom is 0.109 e. The molecule has 14 heavy (non-hydrogen) atoms. The van der Waals surface area contributed by atoms with Crippen LogP contribution >= 0.6 is 0 Å². The van der Waals surface area contributed by atoms with Gasteiger partial charge in [0, 0.05) is 0 Å². The van der Waals surface area contributed by atoms with E-state index in [2.05, 4.69) is 13.0 Å². The van der Waals surface area contributed by atoms with Crippen molar-refractivity contribution in [3.05, 3.63) is 41.5 Å². The van der Waals surface area contributed by atoms with Crippen LogP contribution in [0, 0.1) is 6.61 Å². The molecule has 1 aliphatic carbocycles. The minimum atomic E-state index is 0.719. The fourth-order valence-corrected chi connectivity index (χ4v) is 2.10. The molecule has 2 rings (SSSR count). The van der Waals surface area contributed by atoms with Gasteiger partial charge in [-0.25, -0.2) is 0 Å². The predicted octanol–water partition coefficient (Wildman–Crippen LogP) is 3.40. The fraction of sp³-hybridized carbons (Fsp3) is 0.462. The Balaban J connectivity index is 2.36. The van der Waals surface area contributed by atoms with E-state index in [1.54, 1.807) is 0 Å². The zero-order chi connectivity index (χ0) is 9.97. The van der Waals surface area contributed by atoms with Crippen LogP contribution in [0.4, 0.5) is 0 Å². The molecule has 0 unspecified atom stereocenters. The van der Waals surface area contributed by atoms with E-state index < -0.39 is 0 Å². The minimum absolute atomic E-state index is 0.719. The van der Waals surface area contributed by atoms with Gasteiger partial charge in [0.05, 0.1) is 0 Å². The first-order valence-corrected chi connectivity index (χ1v) is 5.46. The highest BCUT2D eigenvalue weighted by atomic mass is 16.3. The summed E-state index contributed by atoms with van der Waals surface area (Å²) >= 11 is 0. The van der Waals surface area contributed by atoms with Crippen molar-refractivity contribution in [1.82, 2.24) is 0 Å². The van der Waals surface area contributed by atoms with E-state index >= 15 is 0 Å². The fourth-order valence-electron chi connectivity index (χ4n) is 2.10. The molecule has 1 aromatic carbocycles. The molecule has 0 spiro atoms. The second kappa shape index (κ2) is 4.14. The summed E-state index contributed by atoms with van der Waals surface area (Å²) in [6.07, 6.45) is 4.89. The molecule has 0 saturated heterocycles. The highest BCUT2D eigenvalue weighted by Gasteiger charge is 2.27. The van der Waals surface area contributed by atoms with Crippen LogP contribution in [0.1, 0.15) is 48.8 Å². The number of aliphatic hydroxyl groups excluding tert-OH is 1. The zero-order valence-corrected chi connectivity index (χ0v) is 8.66. The maximum absolute atomic E-state index is 9.16. The van der Waals surface area contributed by atoms with E-state index in [1.807, 2.05) is 12.1 Å². The summed E-state index contributed by atoms with van der Waals surface area (Å²) < 4.78 is 0. The summed E-state index contributed by atoms with van der Waals surface area (Å²) in [5.41, 5.74) is 3.85. The lowest BCUT2D eigenvalue weighted by Gasteiger charge is -2.11. The third-order valence-corrected chi connectivity index (χ3v) is 2.87. The van der Waals surface area contributed by atoms with E-state index in [9.17, 15) is 0 Å². The second-order valence-corrected chi connectivity index (χ2v) is 4.07. The normalized spacial score (nSPS) is 15.9. The highest BCUT2D eigenvalue weighted by molar-refractivity contribution is 5.43. The average Bonchev–Trinajstić information content (AvgIpc) is 3.01. The highest BCUT2D eigenvalue weighted by Crippen LogP contribution is 2.43. The van der Waals surface area contributed by atoms with Crippen molar-refractivity contribution in [2.45, 2.75) is 38.5 Å². The molecule has 0 heterocycles. The maximum atomic E-state index is 9.16. The number of rotatable bonds is 4. The Hall–Kier alpha value is -0.820. The lowest BCUT2D eigenvalue weighted by atomic mass is 9.95. The van der Waals surface area contributed by atoms with Gasteiger partial charge >= 0.3 is 0 Å². The lowest BCUT2D eigenvalue weighted by Crippen LogP contribution is -1.97. The Bertz CT molecular complexity index is 313. The Morgan fingerprint density at radius 1 is 1.43 bits per heavy atom. The standard InChI is InChI=1S/C13H17O/c1-2-4-10-5-3-6-12(9-14)13(10)11-7-8-11/h3,5-6,9,11,14H,2,4,7-8H2,1H3. The number of benzene rings is 1. The van der Waals surface area contributed by atoms with Gasteiger partial charge in [0.1, 0.15) is 6.61 Å². The Kier molecular flexibility index (Phi) is 2.87. The van der Waals surface area contributed by atoms with Crippen molar-refractivity contribution in [3.63, 3.8) is 0 Å². The zero-order valence-electron chi connectivity index (χ0n) is 8.66. The first-order chi connectivity index (χ1) is 6.86. The van der Waals surface area contributed by atoms with Crippen molar-refractivity contribution in [2.24, 2.45) is 0 Å². The molecule has 1 aliphatic rings. The van der Waals surface area contributed by atoms with E-state index in [4.69, 9.17) is 5.11 Å². The van der Waals surface area contributed by atoms with Crippen LogP contribution in [0.15, 0.2) is 18.2 Å². The monoisotopic (exact) mass is 189 g/mol. The number of aliphatic hydroxyl groups is 1. The molecule has 1 nitrogen and oxygen atoms in total. The van der Waals surface area contributed by atoms with E-state index in [0.29, 0.717) is 0 Å². The molecule has 1 heteroatoms. The number of hydrogen-bond acceptors (Lipinski definition) is 1. The first-order valence-electron chi connectivity index (χ1n) is 5.46. The third-order valence-electron chi connectivity index (χ3n) is 2.87. The van der Waals surface area contributed by atoms with Gasteiger partial charge in [0.15, 0.2) is 0 Å². The van der Waals surface area contributed by atoms with E-state index in [1.165, 1.54) is 37.0 Å². The quantitative estimate of drug-likeness (QED) is 0.769. The average molecular weight is 189 g/mol. The summed E-state index contributed by atoms with van der Waals surface area (Å²) in [5.74, 6) is 0.719. The molecule has 1 radical (unpaired) electrons. The lowest BCUT2D eigenvalue weighted by molar-refractivity contribution is 0.413. The van der Waals surface area contributed by atoms with Gasteiger partial charge in [-0.1, -0.05) is 31.5 Å². The van der Waals surface area contributed by atoms with E-state index in [0.717, 1.165) is 17.9 Å². The van der Waals surface area contributed by atoms with Crippen LogP contribution in [-0.4, -0.2) is 5.11 Å². The van der Waals surface area contributed by atoms with Crippen molar-refractivity contribution in [3.8, 4) is 0 Å². The van der Waals surface area contributed by atoms with Gasteiger partial charge < -0.3 is 5.11 Å². The van der Waals surface area contributed by atoms with Crippen molar-refractivity contribution < 1.29 is 5.11 Å². The molecule has 0 aliphatic heterocycles. The first kappa shape index (κ1) is 9.72. The molecule has 75 valence electrons. The molecule has 1 aromatic rings.